The van der Waals surface area contributed by atoms with Gasteiger partial charge in [0.05, 0.1) is 15.9 Å². The molecule has 1 aliphatic rings. The molecule has 0 bridgehead atoms. The summed E-state index contributed by atoms with van der Waals surface area (Å²) in [6.45, 7) is 6.32. The van der Waals surface area contributed by atoms with Crippen LogP contribution in [0.4, 0.5) is 4.79 Å². The Labute approximate surface area is 205 Å². The van der Waals surface area contributed by atoms with E-state index in [4.69, 9.17) is 15.2 Å². The van der Waals surface area contributed by atoms with E-state index in [1.165, 1.54) is 4.90 Å². The van der Waals surface area contributed by atoms with Gasteiger partial charge in [0, 0.05) is 0 Å². The van der Waals surface area contributed by atoms with Crippen molar-refractivity contribution in [2.75, 3.05) is 19.8 Å². The van der Waals surface area contributed by atoms with Crippen LogP contribution in [0.15, 0.2) is 45.8 Å². The van der Waals surface area contributed by atoms with Crippen molar-refractivity contribution in [1.29, 1.82) is 0 Å². The number of nitrogens with zero attached hydrogens (tertiary/aromatic N) is 1. The van der Waals surface area contributed by atoms with E-state index in [1.807, 2.05) is 25.1 Å². The van der Waals surface area contributed by atoms with Gasteiger partial charge in [0.2, 0.25) is 0 Å². The van der Waals surface area contributed by atoms with Crippen LogP contribution in [0.3, 0.4) is 0 Å². The van der Waals surface area contributed by atoms with Crippen LogP contribution in [-0.4, -0.2) is 41.7 Å². The zero-order chi connectivity index (χ0) is 24.1. The molecule has 0 radical (unpaired) electrons. The van der Waals surface area contributed by atoms with E-state index in [0.717, 1.165) is 28.6 Å². The van der Waals surface area contributed by atoms with Gasteiger partial charge in [-0.15, -0.1) is 0 Å². The summed E-state index contributed by atoms with van der Waals surface area (Å²) in [6.07, 6.45) is 1.64. The first-order valence-corrected chi connectivity index (χ1v) is 12.0. The third-order valence-electron chi connectivity index (χ3n) is 4.86. The van der Waals surface area contributed by atoms with E-state index in [9.17, 15) is 14.4 Å². The Balaban J connectivity index is 1.65. The molecule has 2 N–H and O–H groups in total. The summed E-state index contributed by atoms with van der Waals surface area (Å²) in [6, 6.07) is 11.2. The second-order valence-corrected chi connectivity index (χ2v) is 9.67. The monoisotopic (exact) mass is 532 g/mol. The largest absolute Gasteiger partial charge is 0.491 e. The lowest BCUT2D eigenvalue weighted by Gasteiger charge is -2.17. The Kier molecular flexibility index (Phi) is 8.20. The number of hydrogen-bond donors (Lipinski definition) is 1. The number of ether oxygens (including phenoxy) is 2. The van der Waals surface area contributed by atoms with Crippen molar-refractivity contribution in [2.45, 2.75) is 26.7 Å². The van der Waals surface area contributed by atoms with Gasteiger partial charge in [-0.25, -0.2) is 0 Å². The molecule has 1 heterocycles. The topological polar surface area (TPSA) is 98.9 Å². The minimum Gasteiger partial charge on any atom is -0.491 e. The van der Waals surface area contributed by atoms with Gasteiger partial charge in [0.1, 0.15) is 18.1 Å². The zero-order valence-corrected chi connectivity index (χ0v) is 21.0. The summed E-state index contributed by atoms with van der Waals surface area (Å²) in [4.78, 5) is 37.6. The quantitative estimate of drug-likeness (QED) is 0.463. The Hall–Kier alpha value is -2.78. The van der Waals surface area contributed by atoms with Gasteiger partial charge >= 0.3 is 0 Å². The average molecular weight is 533 g/mol. The van der Waals surface area contributed by atoms with Crippen molar-refractivity contribution in [3.8, 4) is 11.5 Å². The minimum atomic E-state index is -0.577. The number of primary amides is 1. The van der Waals surface area contributed by atoms with E-state index in [2.05, 4.69) is 29.8 Å². The van der Waals surface area contributed by atoms with Crippen LogP contribution in [0.2, 0.25) is 0 Å². The molecule has 0 aliphatic carbocycles. The molecule has 33 heavy (non-hydrogen) atoms. The number of thioether (sulfide) groups is 1. The van der Waals surface area contributed by atoms with E-state index in [0.29, 0.717) is 26.6 Å². The maximum absolute atomic E-state index is 12.8. The highest BCUT2D eigenvalue weighted by Gasteiger charge is 2.34. The fourth-order valence-corrected chi connectivity index (χ4v) is 4.58. The zero-order valence-electron chi connectivity index (χ0n) is 18.6. The summed E-state index contributed by atoms with van der Waals surface area (Å²) in [7, 11) is 0. The second-order valence-electron chi connectivity index (χ2n) is 7.82. The highest BCUT2D eigenvalue weighted by molar-refractivity contribution is 9.10. The Morgan fingerprint density at radius 3 is 2.58 bits per heavy atom. The molecular formula is C24H25BrN2O5S. The lowest BCUT2D eigenvalue weighted by molar-refractivity contribution is -0.123. The maximum atomic E-state index is 12.8. The normalized spacial score (nSPS) is 14.9. The Bertz CT molecular complexity index is 1120. The van der Waals surface area contributed by atoms with Crippen molar-refractivity contribution >= 4 is 50.8 Å². The summed E-state index contributed by atoms with van der Waals surface area (Å²) in [5, 5.41) is -0.330. The number of benzene rings is 2. The van der Waals surface area contributed by atoms with Gasteiger partial charge in [-0.2, -0.15) is 0 Å². The van der Waals surface area contributed by atoms with Crippen LogP contribution in [0.25, 0.3) is 6.08 Å². The fraction of sp³-hybridized carbons (Fsp3) is 0.292. The van der Waals surface area contributed by atoms with Crippen LogP contribution in [0.1, 0.15) is 36.5 Å². The predicted molar refractivity (Wildman–Crippen MR) is 132 cm³/mol. The van der Waals surface area contributed by atoms with Gasteiger partial charge in [-0.05, 0) is 81.5 Å². The number of hydrogen-bond acceptors (Lipinski definition) is 6. The van der Waals surface area contributed by atoms with Crippen molar-refractivity contribution in [3.63, 3.8) is 0 Å². The van der Waals surface area contributed by atoms with Crippen molar-refractivity contribution in [1.82, 2.24) is 4.90 Å². The van der Waals surface area contributed by atoms with Crippen molar-refractivity contribution in [3.05, 3.63) is 62.5 Å². The van der Waals surface area contributed by atoms with Crippen molar-refractivity contribution < 1.29 is 23.9 Å². The smallest absolute Gasteiger partial charge is 0.293 e. The van der Waals surface area contributed by atoms with Gasteiger partial charge in [-0.1, -0.05) is 32.0 Å². The number of halogens is 1. The standard InChI is InChI=1S/C24H25BrN2O5S/c1-14(2)17-6-4-15(3)10-20(17)31-9-8-27-23(29)21(33-24(27)30)12-16-5-7-19(18(25)11-16)32-13-22(26)28/h4-7,10-12,14H,8-9,13H2,1-3H3,(H2,26,28)/b21-12-. The molecule has 0 spiro atoms. The second kappa shape index (κ2) is 10.9. The molecular weight excluding hydrogens is 508 g/mol. The first kappa shape index (κ1) is 24.9. The molecule has 1 saturated heterocycles. The molecule has 174 valence electrons. The number of carbonyl (C=O) groups is 3. The van der Waals surface area contributed by atoms with E-state index in [1.54, 1.807) is 24.3 Å². The van der Waals surface area contributed by atoms with E-state index < -0.39 is 5.91 Å². The van der Waals surface area contributed by atoms with Crippen LogP contribution >= 0.6 is 27.7 Å². The average Bonchev–Trinajstić information content (AvgIpc) is 3.00. The molecule has 0 aromatic heterocycles. The molecule has 3 rings (SSSR count). The molecule has 1 aliphatic heterocycles. The molecule has 2 aromatic carbocycles. The molecule has 2 aromatic rings. The van der Waals surface area contributed by atoms with Gasteiger partial charge in [0.15, 0.2) is 6.61 Å². The first-order chi connectivity index (χ1) is 15.7. The molecule has 0 saturated carbocycles. The molecule has 9 heteroatoms. The van der Waals surface area contributed by atoms with E-state index in [-0.39, 0.29) is 30.9 Å². The molecule has 0 unspecified atom stereocenters. The summed E-state index contributed by atoms with van der Waals surface area (Å²) in [5.41, 5.74) is 7.97. The number of rotatable bonds is 9. The lowest BCUT2D eigenvalue weighted by Crippen LogP contribution is -2.32. The predicted octanol–water partition coefficient (Wildman–Crippen LogP) is 4.86. The summed E-state index contributed by atoms with van der Waals surface area (Å²) >= 11 is 4.26. The van der Waals surface area contributed by atoms with Gasteiger partial charge in [-0.3, -0.25) is 19.3 Å². The summed E-state index contributed by atoms with van der Waals surface area (Å²) in [5.74, 6) is 0.593. The highest BCUT2D eigenvalue weighted by atomic mass is 79.9. The Morgan fingerprint density at radius 2 is 1.91 bits per heavy atom. The SMILES string of the molecule is Cc1ccc(C(C)C)c(OCCN2C(=O)S/C(=C\c3ccc(OCC(N)=O)c(Br)c3)C2=O)c1. The van der Waals surface area contributed by atoms with Crippen molar-refractivity contribution in [2.24, 2.45) is 5.73 Å². The third-order valence-corrected chi connectivity index (χ3v) is 6.39. The van der Waals surface area contributed by atoms with Crippen LogP contribution in [0, 0.1) is 6.92 Å². The van der Waals surface area contributed by atoms with Crippen LogP contribution < -0.4 is 15.2 Å². The third kappa shape index (κ3) is 6.39. The van der Waals surface area contributed by atoms with Gasteiger partial charge < -0.3 is 15.2 Å². The molecule has 1 fully saturated rings. The van der Waals surface area contributed by atoms with Crippen LogP contribution in [-0.2, 0) is 9.59 Å². The number of aryl methyl sites for hydroxylation is 1. The highest BCUT2D eigenvalue weighted by Crippen LogP contribution is 2.34. The molecule has 0 atom stereocenters. The van der Waals surface area contributed by atoms with Crippen LogP contribution in [0.5, 0.6) is 11.5 Å². The number of carbonyl (C=O) groups excluding carboxylic acids is 3. The number of amides is 3. The summed E-state index contributed by atoms with van der Waals surface area (Å²) < 4.78 is 11.8. The fourth-order valence-electron chi connectivity index (χ4n) is 3.21. The Morgan fingerprint density at radius 1 is 1.15 bits per heavy atom. The number of nitrogens with two attached hydrogens (primary N) is 1. The number of imide groups is 1. The van der Waals surface area contributed by atoms with E-state index >= 15 is 0 Å². The van der Waals surface area contributed by atoms with Gasteiger partial charge in [0.25, 0.3) is 17.1 Å². The molecule has 7 nitrogen and oxygen atoms in total. The maximum Gasteiger partial charge on any atom is 0.293 e. The first-order valence-electron chi connectivity index (χ1n) is 10.3. The molecule has 3 amide bonds. The minimum absolute atomic E-state index is 0.164. The lowest BCUT2D eigenvalue weighted by atomic mass is 10.0.